The van der Waals surface area contributed by atoms with E-state index in [0.717, 1.165) is 18.3 Å². The number of halogens is 3. The largest absolute Gasteiger partial charge is 0.470 e. The number of carbonyl (C=O) groups excluding carboxylic acids is 1. The quantitative estimate of drug-likeness (QED) is 0.829. The number of amides is 1. The maximum atomic E-state index is 12.5. The summed E-state index contributed by atoms with van der Waals surface area (Å²) in [6.45, 7) is 0.591. The summed E-state index contributed by atoms with van der Waals surface area (Å²) in [6, 6.07) is 3.74. The van der Waals surface area contributed by atoms with E-state index in [9.17, 15) is 18.0 Å². The molecule has 1 aliphatic rings. The SMILES string of the molecule is N#Cc1nccnc1O[C@@H]1CCN(C(=O)c2ccc(C(F)(F)F)nc2)C1. The summed E-state index contributed by atoms with van der Waals surface area (Å²) in [5.41, 5.74) is -0.941. The summed E-state index contributed by atoms with van der Waals surface area (Å²) in [5.74, 6) is -0.345. The van der Waals surface area contributed by atoms with Crippen molar-refractivity contribution in [2.45, 2.75) is 18.7 Å². The molecule has 26 heavy (non-hydrogen) atoms. The fourth-order valence-electron chi connectivity index (χ4n) is 2.53. The van der Waals surface area contributed by atoms with E-state index in [1.165, 1.54) is 17.3 Å². The average Bonchev–Trinajstić information content (AvgIpc) is 3.09. The van der Waals surface area contributed by atoms with Crippen LogP contribution in [0.15, 0.2) is 30.7 Å². The maximum Gasteiger partial charge on any atom is 0.433 e. The minimum atomic E-state index is -4.55. The van der Waals surface area contributed by atoms with Crippen molar-refractivity contribution in [1.29, 1.82) is 5.26 Å². The predicted octanol–water partition coefficient (Wildman–Crippen LogP) is 2.06. The maximum absolute atomic E-state index is 12.5. The summed E-state index contributed by atoms with van der Waals surface area (Å²) in [7, 11) is 0. The van der Waals surface area contributed by atoms with Gasteiger partial charge >= 0.3 is 6.18 Å². The molecule has 1 atom stereocenters. The number of nitriles is 1. The van der Waals surface area contributed by atoms with Gasteiger partial charge in [-0.05, 0) is 12.1 Å². The highest BCUT2D eigenvalue weighted by Gasteiger charge is 2.33. The van der Waals surface area contributed by atoms with Crippen LogP contribution < -0.4 is 4.74 Å². The lowest BCUT2D eigenvalue weighted by atomic mass is 10.2. The topological polar surface area (TPSA) is 92.0 Å². The van der Waals surface area contributed by atoms with Gasteiger partial charge in [-0.3, -0.25) is 9.78 Å². The van der Waals surface area contributed by atoms with E-state index in [4.69, 9.17) is 10.00 Å². The molecule has 0 unspecified atom stereocenters. The Bertz CT molecular complexity index is 848. The highest BCUT2D eigenvalue weighted by molar-refractivity contribution is 5.94. The number of alkyl halides is 3. The number of hydrogen-bond acceptors (Lipinski definition) is 6. The van der Waals surface area contributed by atoms with Crippen molar-refractivity contribution in [3.05, 3.63) is 47.7 Å². The zero-order valence-electron chi connectivity index (χ0n) is 13.3. The zero-order valence-corrected chi connectivity index (χ0v) is 13.3. The molecule has 2 aromatic heterocycles. The first kappa shape index (κ1) is 17.6. The minimum Gasteiger partial charge on any atom is -0.470 e. The fourth-order valence-corrected chi connectivity index (χ4v) is 2.53. The molecule has 7 nitrogen and oxygen atoms in total. The summed E-state index contributed by atoms with van der Waals surface area (Å²) in [5, 5.41) is 8.98. The molecule has 0 N–H and O–H groups in total. The highest BCUT2D eigenvalue weighted by atomic mass is 19.4. The van der Waals surface area contributed by atoms with Gasteiger partial charge in [0.2, 0.25) is 5.69 Å². The predicted molar refractivity (Wildman–Crippen MR) is 80.9 cm³/mol. The van der Waals surface area contributed by atoms with Crippen LogP contribution in [0.4, 0.5) is 13.2 Å². The summed E-state index contributed by atoms with van der Waals surface area (Å²) >= 11 is 0. The van der Waals surface area contributed by atoms with Gasteiger partial charge in [0, 0.05) is 31.6 Å². The van der Waals surface area contributed by atoms with Gasteiger partial charge in [-0.2, -0.15) is 18.4 Å². The Morgan fingerprint density at radius 2 is 2.04 bits per heavy atom. The van der Waals surface area contributed by atoms with Crippen LogP contribution in [0.25, 0.3) is 0 Å². The third-order valence-electron chi connectivity index (χ3n) is 3.78. The smallest absolute Gasteiger partial charge is 0.433 e. The number of rotatable bonds is 3. The lowest BCUT2D eigenvalue weighted by molar-refractivity contribution is -0.141. The van der Waals surface area contributed by atoms with Gasteiger partial charge < -0.3 is 9.64 Å². The number of ether oxygens (including phenoxy) is 1. The van der Waals surface area contributed by atoms with Crippen LogP contribution in [-0.2, 0) is 6.18 Å². The Labute approximate surface area is 146 Å². The van der Waals surface area contributed by atoms with Gasteiger partial charge in [-0.15, -0.1) is 0 Å². The molecule has 0 bridgehead atoms. The third-order valence-corrected chi connectivity index (χ3v) is 3.78. The monoisotopic (exact) mass is 363 g/mol. The number of nitrogens with zero attached hydrogens (tertiary/aromatic N) is 5. The van der Waals surface area contributed by atoms with E-state index in [2.05, 4.69) is 15.0 Å². The van der Waals surface area contributed by atoms with Gasteiger partial charge in [-0.25, -0.2) is 9.97 Å². The second-order valence-electron chi connectivity index (χ2n) is 5.53. The average molecular weight is 363 g/mol. The van der Waals surface area contributed by atoms with Crippen molar-refractivity contribution in [2.75, 3.05) is 13.1 Å². The van der Waals surface area contributed by atoms with Gasteiger partial charge in [0.15, 0.2) is 0 Å². The van der Waals surface area contributed by atoms with Crippen LogP contribution in [0, 0.1) is 11.3 Å². The number of likely N-dealkylation sites (tertiary alicyclic amines) is 1. The molecule has 1 aliphatic heterocycles. The molecule has 0 spiro atoms. The van der Waals surface area contributed by atoms with E-state index >= 15 is 0 Å². The molecule has 10 heteroatoms. The van der Waals surface area contributed by atoms with Gasteiger partial charge in [0.1, 0.15) is 17.9 Å². The molecule has 3 heterocycles. The lowest BCUT2D eigenvalue weighted by Gasteiger charge is -2.17. The number of aromatic nitrogens is 3. The molecule has 1 saturated heterocycles. The molecular formula is C16H12F3N5O2. The lowest BCUT2D eigenvalue weighted by Crippen LogP contribution is -2.31. The molecule has 0 aromatic carbocycles. The van der Waals surface area contributed by atoms with E-state index in [1.54, 1.807) is 0 Å². The molecule has 1 fully saturated rings. The zero-order chi connectivity index (χ0) is 18.7. The van der Waals surface area contributed by atoms with Crippen LogP contribution in [0.3, 0.4) is 0 Å². The Balaban J connectivity index is 1.65. The molecule has 134 valence electrons. The number of hydrogen-bond donors (Lipinski definition) is 0. The van der Waals surface area contributed by atoms with Crippen molar-refractivity contribution in [1.82, 2.24) is 19.9 Å². The standard InChI is InChI=1S/C16H12F3N5O2/c17-16(18,19)13-2-1-10(8-23-13)15(25)24-6-3-11(9-24)26-14-12(7-20)21-4-5-22-14/h1-2,4-5,8,11H,3,6,9H2/t11-/m1/s1. The first-order valence-corrected chi connectivity index (χ1v) is 7.59. The first-order valence-electron chi connectivity index (χ1n) is 7.59. The molecule has 2 aromatic rings. The highest BCUT2D eigenvalue weighted by Crippen LogP contribution is 2.27. The number of carbonyl (C=O) groups is 1. The van der Waals surface area contributed by atoms with Crippen molar-refractivity contribution in [3.8, 4) is 11.9 Å². The second kappa shape index (κ2) is 6.95. The molecule has 1 amide bonds. The Morgan fingerprint density at radius 3 is 2.69 bits per heavy atom. The summed E-state index contributed by atoms with van der Waals surface area (Å²) < 4.78 is 43.2. The van der Waals surface area contributed by atoms with Crippen LogP contribution in [0.5, 0.6) is 5.88 Å². The van der Waals surface area contributed by atoms with Crippen LogP contribution >= 0.6 is 0 Å². The van der Waals surface area contributed by atoms with Gasteiger partial charge in [0.05, 0.1) is 12.1 Å². The molecule has 3 rings (SSSR count). The van der Waals surface area contributed by atoms with E-state index < -0.39 is 17.8 Å². The summed E-state index contributed by atoms with van der Waals surface area (Å²) in [6.07, 6.45) is -0.763. The van der Waals surface area contributed by atoms with Crippen molar-refractivity contribution in [2.24, 2.45) is 0 Å². The van der Waals surface area contributed by atoms with Crippen molar-refractivity contribution in [3.63, 3.8) is 0 Å². The molecule has 0 radical (unpaired) electrons. The van der Waals surface area contributed by atoms with Gasteiger partial charge in [-0.1, -0.05) is 0 Å². The summed E-state index contributed by atoms with van der Waals surface area (Å²) in [4.78, 5) is 24.9. The Morgan fingerprint density at radius 1 is 1.27 bits per heavy atom. The van der Waals surface area contributed by atoms with E-state index in [1.807, 2.05) is 6.07 Å². The normalized spacial score (nSPS) is 17.0. The molecule has 0 saturated carbocycles. The molecule has 0 aliphatic carbocycles. The van der Waals surface area contributed by atoms with Crippen LogP contribution in [0.2, 0.25) is 0 Å². The minimum absolute atomic E-state index is 0.0456. The van der Waals surface area contributed by atoms with Crippen molar-refractivity contribution < 1.29 is 22.7 Å². The van der Waals surface area contributed by atoms with E-state index in [0.29, 0.717) is 13.0 Å². The van der Waals surface area contributed by atoms with Crippen LogP contribution in [-0.4, -0.2) is 45.0 Å². The second-order valence-corrected chi connectivity index (χ2v) is 5.53. The fraction of sp³-hybridized carbons (Fsp3) is 0.312. The van der Waals surface area contributed by atoms with Gasteiger partial charge in [0.25, 0.3) is 11.8 Å². The van der Waals surface area contributed by atoms with E-state index in [-0.39, 0.29) is 29.8 Å². The van der Waals surface area contributed by atoms with Crippen molar-refractivity contribution >= 4 is 5.91 Å². The Kier molecular flexibility index (Phi) is 4.71. The number of pyridine rings is 1. The van der Waals surface area contributed by atoms with Crippen LogP contribution in [0.1, 0.15) is 28.2 Å². The third kappa shape index (κ3) is 3.72. The first-order chi connectivity index (χ1) is 12.4. The molecular weight excluding hydrogens is 351 g/mol. The Hall–Kier alpha value is -3.22.